The average molecular weight is 546 g/mol. The molecule has 4 rings (SSSR count). The van der Waals surface area contributed by atoms with E-state index in [-0.39, 0.29) is 17.1 Å². The number of ether oxygens (including phenoxy) is 3. The van der Waals surface area contributed by atoms with Gasteiger partial charge in [-0.1, -0.05) is 42.5 Å². The lowest BCUT2D eigenvalue weighted by Crippen LogP contribution is -2.18. The third-order valence-corrected chi connectivity index (χ3v) is 6.25. The zero-order chi connectivity index (χ0) is 28.6. The van der Waals surface area contributed by atoms with Crippen LogP contribution in [0.5, 0.6) is 11.5 Å². The molecular weight excluding hydrogens is 514 g/mol. The van der Waals surface area contributed by atoms with Crippen LogP contribution in [0.25, 0.3) is 5.69 Å². The van der Waals surface area contributed by atoms with Crippen LogP contribution in [0, 0.1) is 5.41 Å². The molecule has 11 heteroatoms. The van der Waals surface area contributed by atoms with Crippen molar-refractivity contribution in [1.82, 2.24) is 14.8 Å². The fourth-order valence-electron chi connectivity index (χ4n) is 4.29. The Bertz CT molecular complexity index is 1540. The number of para-hydroxylation sites is 1. The van der Waals surface area contributed by atoms with Gasteiger partial charge >= 0.3 is 11.7 Å². The van der Waals surface area contributed by atoms with Gasteiger partial charge in [-0.2, -0.15) is 4.68 Å². The van der Waals surface area contributed by atoms with Gasteiger partial charge in [0.05, 0.1) is 24.5 Å². The molecule has 0 bridgehead atoms. The number of hydrogen-bond acceptors (Lipinski definition) is 7. The lowest BCUT2D eigenvalue weighted by molar-refractivity contribution is 0.0696. The minimum Gasteiger partial charge on any atom is -0.490 e. The molecule has 0 aliphatic carbocycles. The molecule has 1 aromatic heterocycles. The first-order chi connectivity index (χ1) is 19.3. The first kappa shape index (κ1) is 28.1. The quantitative estimate of drug-likeness (QED) is 0.113. The van der Waals surface area contributed by atoms with E-state index in [1.807, 2.05) is 31.2 Å². The summed E-state index contributed by atoms with van der Waals surface area (Å²) in [5, 5.41) is 21.9. The molecule has 1 heterocycles. The number of nitrogens with two attached hydrogens (primary N) is 1. The zero-order valence-electron chi connectivity index (χ0n) is 22.2. The monoisotopic (exact) mass is 545 g/mol. The van der Waals surface area contributed by atoms with E-state index in [4.69, 9.17) is 25.4 Å². The molecule has 0 saturated heterocycles. The molecule has 0 fully saturated rings. The second kappa shape index (κ2) is 12.8. The number of H-pyrrole nitrogens is 1. The van der Waals surface area contributed by atoms with Gasteiger partial charge in [0.25, 0.3) is 0 Å². The fourth-order valence-corrected chi connectivity index (χ4v) is 4.29. The van der Waals surface area contributed by atoms with Crippen molar-refractivity contribution in [3.8, 4) is 17.2 Å². The van der Waals surface area contributed by atoms with Gasteiger partial charge in [-0.25, -0.2) is 9.59 Å². The SMILES string of the molecule is CCOc1cc(C(Cc2ccc(C(=N)N)cc2)c2nn(-c3ccccc3C(=O)O)c(=O)[nH]2)ccc1OCCOC. The Labute approximate surface area is 230 Å². The van der Waals surface area contributed by atoms with Crippen molar-refractivity contribution >= 4 is 11.8 Å². The zero-order valence-corrected chi connectivity index (χ0v) is 22.2. The van der Waals surface area contributed by atoms with Gasteiger partial charge in [-0.05, 0) is 48.7 Å². The number of carbonyl (C=O) groups is 1. The number of aromatic carboxylic acids is 1. The maximum absolute atomic E-state index is 13.1. The maximum atomic E-state index is 13.1. The summed E-state index contributed by atoms with van der Waals surface area (Å²) in [6.07, 6.45) is 0.432. The van der Waals surface area contributed by atoms with Crippen molar-refractivity contribution in [2.24, 2.45) is 5.73 Å². The van der Waals surface area contributed by atoms with Crippen LogP contribution >= 0.6 is 0 Å². The van der Waals surface area contributed by atoms with E-state index in [0.717, 1.165) is 15.8 Å². The number of carboxylic acids is 1. The molecule has 1 atom stereocenters. The number of rotatable bonds is 13. The van der Waals surface area contributed by atoms with Crippen molar-refractivity contribution in [3.63, 3.8) is 0 Å². The molecule has 11 nitrogen and oxygen atoms in total. The van der Waals surface area contributed by atoms with Gasteiger partial charge in [0.1, 0.15) is 18.3 Å². The van der Waals surface area contributed by atoms with Gasteiger partial charge < -0.3 is 25.1 Å². The summed E-state index contributed by atoms with van der Waals surface area (Å²) >= 11 is 0. The summed E-state index contributed by atoms with van der Waals surface area (Å²) in [6, 6.07) is 19.0. The Morgan fingerprint density at radius 1 is 1.07 bits per heavy atom. The summed E-state index contributed by atoms with van der Waals surface area (Å²) in [4.78, 5) is 27.7. The largest absolute Gasteiger partial charge is 0.490 e. The highest BCUT2D eigenvalue weighted by molar-refractivity contribution is 5.94. The van der Waals surface area contributed by atoms with Crippen molar-refractivity contribution in [2.45, 2.75) is 19.3 Å². The number of methoxy groups -OCH3 is 1. The highest BCUT2D eigenvalue weighted by Crippen LogP contribution is 2.34. The third-order valence-electron chi connectivity index (χ3n) is 6.25. The molecule has 3 aromatic carbocycles. The van der Waals surface area contributed by atoms with Crippen LogP contribution in [0.2, 0.25) is 0 Å². The van der Waals surface area contributed by atoms with E-state index in [9.17, 15) is 14.7 Å². The Balaban J connectivity index is 1.79. The molecule has 40 heavy (non-hydrogen) atoms. The topological polar surface area (TPSA) is 166 Å². The molecular formula is C29H31N5O6. The summed E-state index contributed by atoms with van der Waals surface area (Å²) in [5.41, 5.74) is 7.46. The smallest absolute Gasteiger partial charge is 0.348 e. The van der Waals surface area contributed by atoms with E-state index in [1.54, 1.807) is 37.4 Å². The van der Waals surface area contributed by atoms with Gasteiger partial charge in [0.2, 0.25) is 0 Å². The average Bonchev–Trinajstić information content (AvgIpc) is 3.34. The number of aromatic amines is 1. The van der Waals surface area contributed by atoms with Crippen LogP contribution in [-0.4, -0.2) is 58.6 Å². The Morgan fingerprint density at radius 2 is 1.82 bits per heavy atom. The third kappa shape index (κ3) is 6.38. The summed E-state index contributed by atoms with van der Waals surface area (Å²) < 4.78 is 17.8. The molecule has 0 spiro atoms. The molecule has 5 N–H and O–H groups in total. The molecule has 208 valence electrons. The predicted molar refractivity (Wildman–Crippen MR) is 149 cm³/mol. The van der Waals surface area contributed by atoms with E-state index in [1.165, 1.54) is 12.1 Å². The number of nitrogens with zero attached hydrogens (tertiary/aromatic N) is 2. The number of aromatic nitrogens is 3. The van der Waals surface area contributed by atoms with E-state index >= 15 is 0 Å². The number of hydrogen-bond donors (Lipinski definition) is 4. The molecule has 0 aliphatic rings. The van der Waals surface area contributed by atoms with Crippen molar-refractivity contribution in [3.05, 3.63) is 105 Å². The van der Waals surface area contributed by atoms with Crippen LogP contribution in [0.4, 0.5) is 0 Å². The van der Waals surface area contributed by atoms with Crippen LogP contribution < -0.4 is 20.9 Å². The number of carboxylic acid groups (broad SMARTS) is 1. The van der Waals surface area contributed by atoms with E-state index in [2.05, 4.69) is 10.1 Å². The molecule has 0 aliphatic heterocycles. The van der Waals surface area contributed by atoms with Crippen LogP contribution in [0.3, 0.4) is 0 Å². The molecule has 1 unspecified atom stereocenters. The number of amidine groups is 1. The highest BCUT2D eigenvalue weighted by atomic mass is 16.5. The molecule has 4 aromatic rings. The second-order valence-electron chi connectivity index (χ2n) is 8.90. The molecule has 0 saturated carbocycles. The first-order valence-electron chi connectivity index (χ1n) is 12.7. The van der Waals surface area contributed by atoms with E-state index in [0.29, 0.717) is 49.1 Å². The Kier molecular flexibility index (Phi) is 8.97. The van der Waals surface area contributed by atoms with E-state index < -0.39 is 17.6 Å². The highest BCUT2D eigenvalue weighted by Gasteiger charge is 2.24. The first-order valence-corrected chi connectivity index (χ1v) is 12.7. The normalized spacial score (nSPS) is 11.7. The van der Waals surface area contributed by atoms with Gasteiger partial charge in [0, 0.05) is 18.6 Å². The minimum absolute atomic E-state index is 0.0336. The van der Waals surface area contributed by atoms with Gasteiger partial charge in [0.15, 0.2) is 11.5 Å². The summed E-state index contributed by atoms with van der Waals surface area (Å²) in [7, 11) is 1.60. The maximum Gasteiger partial charge on any atom is 0.348 e. The minimum atomic E-state index is -1.17. The number of benzene rings is 3. The van der Waals surface area contributed by atoms with Gasteiger partial charge in [-0.3, -0.25) is 10.4 Å². The van der Waals surface area contributed by atoms with Crippen LogP contribution in [-0.2, 0) is 11.2 Å². The number of nitrogens with one attached hydrogen (secondary N) is 2. The molecule has 0 amide bonds. The number of nitrogen functional groups attached to an aromatic ring is 1. The van der Waals surface area contributed by atoms with Crippen molar-refractivity contribution in [1.29, 1.82) is 5.41 Å². The molecule has 0 radical (unpaired) electrons. The predicted octanol–water partition coefficient (Wildman–Crippen LogP) is 3.34. The Morgan fingerprint density at radius 3 is 2.50 bits per heavy atom. The lowest BCUT2D eigenvalue weighted by atomic mass is 9.90. The summed E-state index contributed by atoms with van der Waals surface area (Å²) in [5.74, 6) is -0.210. The standard InChI is InChI=1S/C29H31N5O6/c1-3-39-25-17-20(12-13-24(25)40-15-14-38-2)22(16-18-8-10-19(11-9-18)26(30)31)27-32-29(37)34(33-27)23-7-5-4-6-21(23)28(35)36/h4-13,17,22H,3,14-16H2,1-2H3,(H3,30,31)(H,35,36)(H,32,33,37). The fraction of sp³-hybridized carbons (Fsp3) is 0.241. The van der Waals surface area contributed by atoms with Crippen LogP contribution in [0.15, 0.2) is 71.5 Å². The second-order valence-corrected chi connectivity index (χ2v) is 8.90. The lowest BCUT2D eigenvalue weighted by Gasteiger charge is -2.18. The van der Waals surface area contributed by atoms with Crippen molar-refractivity contribution < 1.29 is 24.1 Å². The van der Waals surface area contributed by atoms with Gasteiger partial charge in [-0.15, -0.1) is 5.10 Å². The Hall–Kier alpha value is -4.90. The van der Waals surface area contributed by atoms with Crippen molar-refractivity contribution in [2.75, 3.05) is 26.9 Å². The summed E-state index contributed by atoms with van der Waals surface area (Å²) in [6.45, 7) is 3.06. The van der Waals surface area contributed by atoms with Crippen LogP contribution in [0.1, 0.15) is 45.7 Å².